The first-order valence-electron chi connectivity index (χ1n) is 12.4. The van der Waals surface area contributed by atoms with Crippen LogP contribution in [0.5, 0.6) is 0 Å². The fraction of sp³-hybridized carbons (Fsp3) is 0.750. The van der Waals surface area contributed by atoms with Crippen molar-refractivity contribution in [2.75, 3.05) is 0 Å². The van der Waals surface area contributed by atoms with Gasteiger partial charge in [0.1, 0.15) is 12.3 Å². The Balaban J connectivity index is 2.14. The van der Waals surface area contributed by atoms with Crippen molar-refractivity contribution in [3.05, 3.63) is 45.3 Å². The number of ether oxygens (including phenoxy) is 1. The molecule has 3 heterocycles. The third-order valence-electron chi connectivity index (χ3n) is 7.32. The van der Waals surface area contributed by atoms with Gasteiger partial charge in [0.25, 0.3) is 5.56 Å². The number of hydrogen-bond acceptors (Lipinski definition) is 6. The molecule has 2 aliphatic heterocycles. The summed E-state index contributed by atoms with van der Waals surface area (Å²) in [6.45, 7) is 23.1. The zero-order chi connectivity index (χ0) is 25.6. The van der Waals surface area contributed by atoms with Gasteiger partial charge in [0.05, 0.1) is 12.2 Å². The second kappa shape index (κ2) is 9.98. The second-order valence-electron chi connectivity index (χ2n) is 10.9. The fourth-order valence-corrected chi connectivity index (χ4v) is 16.7. The number of nitrogens with zero attached hydrogens (tertiary/aromatic N) is 1. The van der Waals surface area contributed by atoms with Crippen molar-refractivity contribution < 1.29 is 17.7 Å². The lowest BCUT2D eigenvalue weighted by molar-refractivity contribution is -0.0789. The zero-order valence-corrected chi connectivity index (χ0v) is 24.1. The Morgan fingerprint density at radius 2 is 1.53 bits per heavy atom. The van der Waals surface area contributed by atoms with Crippen LogP contribution < -0.4 is 11.2 Å². The molecular weight excluding hydrogens is 468 g/mol. The number of H-pyrrole nitrogens is 1. The summed E-state index contributed by atoms with van der Waals surface area (Å²) in [6, 6.07) is 0. The van der Waals surface area contributed by atoms with Crippen molar-refractivity contribution in [3.8, 4) is 0 Å². The fourth-order valence-electron chi connectivity index (χ4n) is 5.39. The van der Waals surface area contributed by atoms with Gasteiger partial charge in [-0.2, -0.15) is 0 Å². The van der Waals surface area contributed by atoms with Crippen LogP contribution in [0, 0.1) is 6.92 Å². The topological polar surface area (TPSA) is 91.8 Å². The SMILES string of the molecule is C=C[C@@H]1O[Si](C(C)C)(C(C)C)O[Si](C(C)C)(C(C)C)O[C@H]2C[C@H](n3cc(C)c(=O)[nH]c3=O)O[C@H]12. The van der Waals surface area contributed by atoms with Crippen LogP contribution in [0.25, 0.3) is 0 Å². The van der Waals surface area contributed by atoms with Crippen LogP contribution in [0.15, 0.2) is 28.4 Å². The monoisotopic (exact) mass is 510 g/mol. The number of aromatic nitrogens is 2. The van der Waals surface area contributed by atoms with E-state index in [-0.39, 0.29) is 28.3 Å². The first-order chi connectivity index (χ1) is 15.8. The minimum atomic E-state index is -2.80. The molecule has 0 amide bonds. The van der Waals surface area contributed by atoms with Gasteiger partial charge in [-0.3, -0.25) is 14.3 Å². The van der Waals surface area contributed by atoms with Gasteiger partial charge in [-0.05, 0) is 29.1 Å². The van der Waals surface area contributed by atoms with Gasteiger partial charge in [0.15, 0.2) is 0 Å². The largest absolute Gasteiger partial charge is 0.414 e. The Morgan fingerprint density at radius 1 is 1.00 bits per heavy atom. The third kappa shape index (κ3) is 4.60. The van der Waals surface area contributed by atoms with Crippen molar-refractivity contribution in [2.45, 2.75) is 115 Å². The molecule has 2 aliphatic rings. The van der Waals surface area contributed by atoms with Gasteiger partial charge in [-0.25, -0.2) is 4.79 Å². The van der Waals surface area contributed by atoms with E-state index in [1.165, 1.54) is 4.57 Å². The van der Waals surface area contributed by atoms with E-state index >= 15 is 0 Å². The summed E-state index contributed by atoms with van der Waals surface area (Å²) in [7, 11) is -5.58. The van der Waals surface area contributed by atoms with Gasteiger partial charge in [0.2, 0.25) is 0 Å². The van der Waals surface area contributed by atoms with E-state index in [0.29, 0.717) is 12.0 Å². The van der Waals surface area contributed by atoms with Crippen molar-refractivity contribution in [2.24, 2.45) is 0 Å². The van der Waals surface area contributed by atoms with Crippen LogP contribution in [-0.2, 0) is 17.7 Å². The molecule has 1 aromatic rings. The highest BCUT2D eigenvalue weighted by Gasteiger charge is 2.61. The van der Waals surface area contributed by atoms with Gasteiger partial charge in [-0.15, -0.1) is 6.58 Å². The maximum absolute atomic E-state index is 12.6. The molecule has 192 valence electrons. The van der Waals surface area contributed by atoms with Gasteiger partial charge < -0.3 is 17.7 Å². The van der Waals surface area contributed by atoms with E-state index < -0.39 is 46.8 Å². The Kier molecular flexibility index (Phi) is 8.01. The zero-order valence-electron chi connectivity index (χ0n) is 22.1. The van der Waals surface area contributed by atoms with E-state index in [2.05, 4.69) is 67.0 Å². The van der Waals surface area contributed by atoms with E-state index in [9.17, 15) is 9.59 Å². The van der Waals surface area contributed by atoms with Crippen LogP contribution in [0.2, 0.25) is 22.2 Å². The molecule has 1 N–H and O–H groups in total. The smallest absolute Gasteiger partial charge is 0.335 e. The predicted octanol–water partition coefficient (Wildman–Crippen LogP) is 4.64. The van der Waals surface area contributed by atoms with E-state index in [4.69, 9.17) is 17.7 Å². The molecular formula is C24H42N2O6Si2. The number of aromatic amines is 1. The molecule has 2 fully saturated rings. The summed E-state index contributed by atoms with van der Waals surface area (Å²) in [5.74, 6) is 0. The van der Waals surface area contributed by atoms with E-state index in [0.717, 1.165) is 0 Å². The molecule has 0 radical (unpaired) electrons. The highest BCUT2D eigenvalue weighted by molar-refractivity contribution is 6.84. The minimum absolute atomic E-state index is 0.193. The first kappa shape index (κ1) is 27.3. The molecule has 8 nitrogen and oxygen atoms in total. The van der Waals surface area contributed by atoms with Crippen LogP contribution in [-0.4, -0.2) is 45.0 Å². The predicted molar refractivity (Wildman–Crippen MR) is 138 cm³/mol. The summed E-state index contributed by atoms with van der Waals surface area (Å²) in [6.07, 6.45) is 2.02. The maximum Gasteiger partial charge on any atom is 0.335 e. The number of hydrogen-bond donors (Lipinski definition) is 1. The van der Waals surface area contributed by atoms with Gasteiger partial charge >= 0.3 is 22.8 Å². The van der Waals surface area contributed by atoms with Crippen molar-refractivity contribution >= 4 is 17.1 Å². The Hall–Kier alpha value is -1.31. The highest BCUT2D eigenvalue weighted by atomic mass is 28.5. The summed E-state index contributed by atoms with van der Waals surface area (Å²) < 4.78 is 29.2. The molecule has 0 aliphatic carbocycles. The normalized spacial score (nSPS) is 28.9. The molecule has 1 aromatic heterocycles. The van der Waals surface area contributed by atoms with Crippen LogP contribution >= 0.6 is 0 Å². The molecule has 3 rings (SSSR count). The quantitative estimate of drug-likeness (QED) is 0.443. The lowest BCUT2D eigenvalue weighted by atomic mass is 10.1. The van der Waals surface area contributed by atoms with E-state index in [1.54, 1.807) is 19.2 Å². The third-order valence-corrected chi connectivity index (χ3v) is 17.6. The molecule has 0 unspecified atom stereocenters. The van der Waals surface area contributed by atoms with Crippen molar-refractivity contribution in [3.63, 3.8) is 0 Å². The number of rotatable bonds is 6. The van der Waals surface area contributed by atoms with E-state index in [1.807, 2.05) is 0 Å². The molecule has 0 bridgehead atoms. The summed E-state index contributed by atoms with van der Waals surface area (Å²) in [5, 5.41) is 0. The summed E-state index contributed by atoms with van der Waals surface area (Å²) in [5.41, 5.74) is 0.344. The lowest BCUT2D eigenvalue weighted by Crippen LogP contribution is -2.66. The first-order valence-corrected chi connectivity index (χ1v) is 16.4. The van der Waals surface area contributed by atoms with Gasteiger partial charge in [-0.1, -0.05) is 61.5 Å². The molecule has 0 aromatic carbocycles. The minimum Gasteiger partial charge on any atom is -0.414 e. The maximum atomic E-state index is 12.6. The highest BCUT2D eigenvalue weighted by Crippen LogP contribution is 2.49. The Bertz CT molecular complexity index is 986. The second-order valence-corrected chi connectivity index (χ2v) is 19.7. The van der Waals surface area contributed by atoms with Crippen LogP contribution in [0.4, 0.5) is 0 Å². The molecule has 0 spiro atoms. The van der Waals surface area contributed by atoms with Crippen LogP contribution in [0.1, 0.15) is 73.6 Å². The molecule has 4 atom stereocenters. The average molecular weight is 511 g/mol. The standard InChI is InChI=1S/C24H42N2O6Si2/c1-11-19-22-20(12-21(29-22)26-13-18(10)23(27)25-24(26)28)31-34(16(6)7,17(8)9)32-33(30-19,14(2)3)15(4)5/h11,13-17,19-22H,1,12H2,2-10H3,(H,25,27,28)/t19-,20-,21+,22+/m0/s1. The van der Waals surface area contributed by atoms with Crippen LogP contribution in [0.3, 0.4) is 0 Å². The van der Waals surface area contributed by atoms with Crippen molar-refractivity contribution in [1.29, 1.82) is 0 Å². The summed E-state index contributed by atoms with van der Waals surface area (Å²) >= 11 is 0. The van der Waals surface area contributed by atoms with Crippen molar-refractivity contribution in [1.82, 2.24) is 9.55 Å². The number of fused-ring (bicyclic) bond motifs is 1. The summed E-state index contributed by atoms with van der Waals surface area (Å²) in [4.78, 5) is 26.9. The Morgan fingerprint density at radius 3 is 2.03 bits per heavy atom. The Labute approximate surface area is 205 Å². The number of nitrogens with one attached hydrogen (secondary N) is 1. The molecule has 10 heteroatoms. The molecule has 2 saturated heterocycles. The molecule has 0 saturated carbocycles. The lowest BCUT2D eigenvalue weighted by Gasteiger charge is -2.52. The molecule has 34 heavy (non-hydrogen) atoms. The number of aryl methyl sites for hydroxylation is 1. The van der Waals surface area contributed by atoms with Gasteiger partial charge in [0, 0.05) is 18.2 Å². The average Bonchev–Trinajstić information content (AvgIpc) is 3.13.